The van der Waals surface area contributed by atoms with Gasteiger partial charge in [0.15, 0.2) is 16.6 Å². The largest absolute Gasteiger partial charge is 0.481 e. The van der Waals surface area contributed by atoms with Crippen LogP contribution in [0.25, 0.3) is 0 Å². The summed E-state index contributed by atoms with van der Waals surface area (Å²) in [5.41, 5.74) is -3.04. The third-order valence-electron chi connectivity index (χ3n) is 18.5. The van der Waals surface area contributed by atoms with Crippen molar-refractivity contribution < 1.29 is 28.7 Å². The molecule has 58 heavy (non-hydrogen) atoms. The molecule has 0 aromatic rings. The van der Waals surface area contributed by atoms with E-state index in [1.165, 1.54) is 0 Å². The molecule has 0 aromatic heterocycles. The summed E-state index contributed by atoms with van der Waals surface area (Å²) in [6.07, 6.45) is 7.10. The SMILES string of the molecule is CCCC(C)(CC(C)(CC)C(C(C)C)[Si](C)(OC(C)(C)C(C)(C)[Si](C)(C)OC(C)(CC)[Si](C)(C)C)C(C)(C)C)C1C2(C)CC(C)(C(=O)O)CC(C)(C(=O)O)CC1(C)C2. The van der Waals surface area contributed by atoms with Crippen molar-refractivity contribution in [2.24, 2.45) is 44.3 Å². The highest BCUT2D eigenvalue weighted by molar-refractivity contribution is 6.81. The summed E-state index contributed by atoms with van der Waals surface area (Å²) in [7, 11) is -6.78. The molecule has 6 nitrogen and oxygen atoms in total. The smallest absolute Gasteiger partial charge is 0.309 e. The molecule has 3 aliphatic carbocycles. The van der Waals surface area contributed by atoms with E-state index in [1.54, 1.807) is 0 Å². The van der Waals surface area contributed by atoms with Crippen molar-refractivity contribution in [3.8, 4) is 0 Å². The fourth-order valence-corrected chi connectivity index (χ4v) is 26.6. The Balaban J connectivity index is 2.88. The Labute approximate surface area is 363 Å². The maximum absolute atomic E-state index is 13.1. The topological polar surface area (TPSA) is 93.1 Å². The first kappa shape index (κ1) is 53.6. The van der Waals surface area contributed by atoms with E-state index in [4.69, 9.17) is 8.85 Å². The molecule has 2 bridgehead atoms. The molecule has 0 radical (unpaired) electrons. The molecule has 2 N–H and O–H groups in total. The molecule has 3 rings (SSSR count). The van der Waals surface area contributed by atoms with Gasteiger partial charge in [-0.3, -0.25) is 9.59 Å². The van der Waals surface area contributed by atoms with Crippen LogP contribution in [-0.4, -0.2) is 57.7 Å². The Bertz CT molecular complexity index is 1460. The molecule has 3 aliphatic rings. The normalized spacial score (nSPS) is 32.4. The summed E-state index contributed by atoms with van der Waals surface area (Å²) < 4.78 is 15.7. The minimum atomic E-state index is -2.72. The number of rotatable bonds is 19. The van der Waals surface area contributed by atoms with Gasteiger partial charge < -0.3 is 19.1 Å². The van der Waals surface area contributed by atoms with Crippen molar-refractivity contribution in [2.45, 2.75) is 255 Å². The molecule has 0 spiro atoms. The van der Waals surface area contributed by atoms with Crippen LogP contribution < -0.4 is 0 Å². The van der Waals surface area contributed by atoms with Crippen molar-refractivity contribution in [1.82, 2.24) is 0 Å². The van der Waals surface area contributed by atoms with Crippen LogP contribution >= 0.6 is 0 Å². The van der Waals surface area contributed by atoms with Gasteiger partial charge in [-0.1, -0.05) is 129 Å². The quantitative estimate of drug-likeness (QED) is 0.126. The Morgan fingerprint density at radius 3 is 1.43 bits per heavy atom. The maximum atomic E-state index is 13.1. The fourth-order valence-electron chi connectivity index (χ4n) is 14.8. The molecular weight excluding hydrogens is 769 g/mol. The van der Waals surface area contributed by atoms with Gasteiger partial charge in [-0.05, 0) is 143 Å². The zero-order valence-electron chi connectivity index (χ0n) is 43.1. The lowest BCUT2D eigenvalue weighted by molar-refractivity contribution is -0.234. The van der Waals surface area contributed by atoms with E-state index >= 15 is 0 Å². The molecular formula is C49H98O6Si3. The summed E-state index contributed by atoms with van der Waals surface area (Å²) in [5, 5.41) is 21.1. The summed E-state index contributed by atoms with van der Waals surface area (Å²) in [6.45, 7) is 59.3. The number of carboxylic acid groups (broad SMARTS) is 2. The number of carboxylic acids is 2. The lowest BCUT2D eigenvalue weighted by atomic mass is 9.33. The molecule has 0 aromatic carbocycles. The number of hydrogen-bond acceptors (Lipinski definition) is 4. The van der Waals surface area contributed by atoms with Gasteiger partial charge in [0.25, 0.3) is 0 Å². The van der Waals surface area contributed by atoms with Crippen molar-refractivity contribution in [3.05, 3.63) is 0 Å². The van der Waals surface area contributed by atoms with Crippen LogP contribution in [-0.2, 0) is 18.4 Å². The van der Waals surface area contributed by atoms with Crippen LogP contribution in [0.4, 0.5) is 0 Å². The molecule has 9 heteroatoms. The molecule has 9 atom stereocenters. The highest BCUT2D eigenvalue weighted by atomic mass is 28.4. The van der Waals surface area contributed by atoms with Crippen LogP contribution in [0, 0.1) is 44.3 Å². The summed E-state index contributed by atoms with van der Waals surface area (Å²) >= 11 is 0. The highest BCUT2D eigenvalue weighted by Crippen LogP contribution is 2.76. The second-order valence-electron chi connectivity index (χ2n) is 26.5. The Morgan fingerprint density at radius 2 is 1.12 bits per heavy atom. The van der Waals surface area contributed by atoms with E-state index in [-0.39, 0.29) is 49.3 Å². The van der Waals surface area contributed by atoms with E-state index in [1.807, 2.05) is 13.8 Å². The molecule has 0 saturated heterocycles. The average molecular weight is 868 g/mol. The highest BCUT2D eigenvalue weighted by Gasteiger charge is 2.71. The minimum absolute atomic E-state index is 0.0807. The van der Waals surface area contributed by atoms with Gasteiger partial charge >= 0.3 is 11.9 Å². The minimum Gasteiger partial charge on any atom is -0.481 e. The lowest BCUT2D eigenvalue weighted by Crippen LogP contribution is -2.67. The third kappa shape index (κ3) is 9.25. The molecule has 3 fully saturated rings. The van der Waals surface area contributed by atoms with Crippen molar-refractivity contribution in [1.29, 1.82) is 0 Å². The molecule has 0 amide bonds. The second kappa shape index (κ2) is 16.3. The van der Waals surface area contributed by atoms with Gasteiger partial charge in [0.2, 0.25) is 0 Å². The number of hydrogen-bond donors (Lipinski definition) is 2. The average Bonchev–Trinajstić information content (AvgIpc) is 2.97. The standard InChI is InChI=1S/C49H98O6Si3/c1-26-29-44(14,37-45(15)31-46(37,16)33-48(18,39(52)53)34-47(17,32-45)38(50)51)30-43(13,27-2)36(35(4)5)58(25,40(6,7)8)54-41(9,10)42(11,12)57(23,24)55-49(19,28-3)56(20,21)22/h35-37H,26-34H2,1-25H3,(H,50,51)(H,52,53). The van der Waals surface area contributed by atoms with E-state index in [0.29, 0.717) is 24.3 Å². The van der Waals surface area contributed by atoms with Crippen LogP contribution in [0.5, 0.6) is 0 Å². The van der Waals surface area contributed by atoms with Crippen molar-refractivity contribution in [3.63, 3.8) is 0 Å². The Kier molecular flexibility index (Phi) is 15.0. The first-order chi connectivity index (χ1) is 25.4. The molecule has 0 aliphatic heterocycles. The van der Waals surface area contributed by atoms with Crippen LogP contribution in [0.1, 0.15) is 189 Å². The van der Waals surface area contributed by atoms with E-state index in [0.717, 1.165) is 38.5 Å². The second-order valence-corrected chi connectivity index (χ2v) is 41.1. The van der Waals surface area contributed by atoms with Gasteiger partial charge in [0, 0.05) is 10.3 Å². The number of fused-ring (bicyclic) bond motifs is 4. The molecule has 342 valence electrons. The fraction of sp³-hybridized carbons (Fsp3) is 0.959. The molecule has 9 unspecified atom stereocenters. The Hall–Kier alpha value is -0.489. The zero-order chi connectivity index (χ0) is 46.2. The number of aliphatic carboxylic acids is 2. The van der Waals surface area contributed by atoms with E-state index in [2.05, 4.69) is 157 Å². The van der Waals surface area contributed by atoms with Crippen molar-refractivity contribution in [2.75, 3.05) is 0 Å². The Morgan fingerprint density at radius 1 is 0.690 bits per heavy atom. The first-order valence-electron chi connectivity index (χ1n) is 23.3. The summed E-state index contributed by atoms with van der Waals surface area (Å²) in [6, 6.07) is 0. The van der Waals surface area contributed by atoms with Crippen LogP contribution in [0.2, 0.25) is 54.9 Å². The molecule has 0 heterocycles. The number of carbonyl (C=O) groups is 2. The van der Waals surface area contributed by atoms with Gasteiger partial charge in [-0.15, -0.1) is 0 Å². The van der Waals surface area contributed by atoms with Crippen LogP contribution in [0.15, 0.2) is 0 Å². The van der Waals surface area contributed by atoms with Gasteiger partial charge in [0.05, 0.1) is 24.5 Å². The van der Waals surface area contributed by atoms with E-state index < -0.39 is 53.1 Å². The first-order valence-corrected chi connectivity index (χ1v) is 32.2. The monoisotopic (exact) mass is 867 g/mol. The molecule has 3 saturated carbocycles. The van der Waals surface area contributed by atoms with Crippen LogP contribution in [0.3, 0.4) is 0 Å². The van der Waals surface area contributed by atoms with Gasteiger partial charge in [-0.25, -0.2) is 0 Å². The lowest BCUT2D eigenvalue weighted by Gasteiger charge is -2.72. The van der Waals surface area contributed by atoms with Gasteiger partial charge in [-0.2, -0.15) is 0 Å². The predicted octanol–water partition coefficient (Wildman–Crippen LogP) is 15.2. The predicted molar refractivity (Wildman–Crippen MR) is 255 cm³/mol. The van der Waals surface area contributed by atoms with Gasteiger partial charge in [0.1, 0.15) is 0 Å². The van der Waals surface area contributed by atoms with Crippen molar-refractivity contribution >= 4 is 36.6 Å². The maximum Gasteiger partial charge on any atom is 0.309 e. The van der Waals surface area contributed by atoms with E-state index in [9.17, 15) is 19.8 Å². The third-order valence-corrected chi connectivity index (χ3v) is 33.3. The summed E-state index contributed by atoms with van der Waals surface area (Å²) in [5.74, 6) is -1.18. The summed E-state index contributed by atoms with van der Waals surface area (Å²) in [4.78, 5) is 26.3. The zero-order valence-corrected chi connectivity index (χ0v) is 46.1.